The maximum absolute atomic E-state index is 12.2. The monoisotopic (exact) mass is 355 g/mol. The van der Waals surface area contributed by atoms with Crippen molar-refractivity contribution in [1.82, 2.24) is 4.98 Å². The Morgan fingerprint density at radius 2 is 1.92 bits per heavy atom. The van der Waals surface area contributed by atoms with E-state index in [1.807, 2.05) is 49.4 Å². The molecule has 5 heteroatoms. The van der Waals surface area contributed by atoms with Crippen molar-refractivity contribution in [3.05, 3.63) is 59.4 Å². The Balaban J connectivity index is 2.11. The highest BCUT2D eigenvalue weighted by molar-refractivity contribution is 6.36. The molecule has 2 aromatic carbocycles. The molecule has 0 radical (unpaired) electrons. The number of aromatic hydroxyl groups is 1. The second-order valence-electron chi connectivity index (χ2n) is 5.68. The number of ether oxygens (including phenoxy) is 1. The van der Waals surface area contributed by atoms with Gasteiger partial charge >= 0.3 is 5.97 Å². The number of esters is 1. The minimum Gasteiger partial charge on any atom is -0.505 e. The van der Waals surface area contributed by atoms with Gasteiger partial charge in [0.1, 0.15) is 5.15 Å². The number of benzene rings is 2. The molecule has 3 aromatic rings. The third-order valence-corrected chi connectivity index (χ3v) is 4.24. The lowest BCUT2D eigenvalue weighted by atomic mass is 9.99. The number of hydrogen-bond acceptors (Lipinski definition) is 4. The number of rotatable bonds is 5. The van der Waals surface area contributed by atoms with Gasteiger partial charge < -0.3 is 9.84 Å². The minimum atomic E-state index is -0.667. The fourth-order valence-electron chi connectivity index (χ4n) is 2.68. The van der Waals surface area contributed by atoms with Crippen molar-refractivity contribution in [3.8, 4) is 16.9 Å². The summed E-state index contributed by atoms with van der Waals surface area (Å²) in [5.74, 6) is -0.876. The van der Waals surface area contributed by atoms with Gasteiger partial charge in [-0.05, 0) is 17.5 Å². The molecule has 0 aliphatic heterocycles. The summed E-state index contributed by atoms with van der Waals surface area (Å²) in [6.07, 6.45) is 1.66. The number of aromatic nitrogens is 1. The molecule has 1 N–H and O–H groups in total. The molecule has 0 saturated carbocycles. The highest BCUT2D eigenvalue weighted by Gasteiger charge is 2.21. The van der Waals surface area contributed by atoms with Crippen molar-refractivity contribution >= 4 is 28.3 Å². The SMILES string of the molecule is CCCCOC(=O)c1nc(Cl)c2c(-c3ccccc3)cccc2c1O. The van der Waals surface area contributed by atoms with Crippen LogP contribution in [0.5, 0.6) is 5.75 Å². The highest BCUT2D eigenvalue weighted by atomic mass is 35.5. The molecule has 0 spiro atoms. The van der Waals surface area contributed by atoms with Crippen molar-refractivity contribution in [1.29, 1.82) is 0 Å². The Hall–Kier alpha value is -2.59. The Morgan fingerprint density at radius 3 is 2.64 bits per heavy atom. The predicted molar refractivity (Wildman–Crippen MR) is 99.0 cm³/mol. The van der Waals surface area contributed by atoms with Gasteiger partial charge in [0.05, 0.1) is 6.61 Å². The molecule has 0 saturated heterocycles. The maximum atomic E-state index is 12.2. The molecule has 0 atom stereocenters. The minimum absolute atomic E-state index is 0.154. The molecule has 3 rings (SSSR count). The number of carbonyl (C=O) groups is 1. The van der Waals surface area contributed by atoms with Gasteiger partial charge in [-0.1, -0.05) is 73.5 Å². The number of pyridine rings is 1. The van der Waals surface area contributed by atoms with Crippen LogP contribution in [0.4, 0.5) is 0 Å². The molecule has 1 aromatic heterocycles. The fraction of sp³-hybridized carbons (Fsp3) is 0.200. The van der Waals surface area contributed by atoms with Crippen LogP contribution in [0.15, 0.2) is 48.5 Å². The van der Waals surface area contributed by atoms with Crippen molar-refractivity contribution in [3.63, 3.8) is 0 Å². The van der Waals surface area contributed by atoms with Crippen molar-refractivity contribution in [2.75, 3.05) is 6.61 Å². The summed E-state index contributed by atoms with van der Waals surface area (Å²) in [5.41, 5.74) is 1.64. The van der Waals surface area contributed by atoms with Crippen LogP contribution in [0.25, 0.3) is 21.9 Å². The lowest BCUT2D eigenvalue weighted by molar-refractivity contribution is 0.0489. The van der Waals surface area contributed by atoms with E-state index < -0.39 is 5.97 Å². The van der Waals surface area contributed by atoms with Crippen molar-refractivity contribution in [2.45, 2.75) is 19.8 Å². The molecule has 0 aliphatic rings. The number of carbonyl (C=O) groups excluding carboxylic acids is 1. The van der Waals surface area contributed by atoms with Crippen LogP contribution in [0.3, 0.4) is 0 Å². The maximum Gasteiger partial charge on any atom is 0.360 e. The second kappa shape index (κ2) is 7.53. The molecule has 0 bridgehead atoms. The average molecular weight is 356 g/mol. The number of fused-ring (bicyclic) bond motifs is 1. The Bertz CT molecular complexity index is 910. The van der Waals surface area contributed by atoms with Crippen LogP contribution in [0.1, 0.15) is 30.3 Å². The zero-order valence-corrected chi connectivity index (χ0v) is 14.6. The van der Waals surface area contributed by atoms with Gasteiger partial charge in [0.2, 0.25) is 0 Å². The summed E-state index contributed by atoms with van der Waals surface area (Å²) in [5, 5.41) is 11.8. The Kier molecular flexibility index (Phi) is 5.19. The molecule has 1 heterocycles. The third kappa shape index (κ3) is 3.44. The van der Waals surface area contributed by atoms with E-state index in [0.29, 0.717) is 10.8 Å². The van der Waals surface area contributed by atoms with E-state index in [-0.39, 0.29) is 23.2 Å². The Morgan fingerprint density at radius 1 is 1.16 bits per heavy atom. The fourth-order valence-corrected chi connectivity index (χ4v) is 2.97. The van der Waals surface area contributed by atoms with Crippen LogP contribution < -0.4 is 0 Å². The van der Waals surface area contributed by atoms with E-state index in [4.69, 9.17) is 16.3 Å². The summed E-state index contributed by atoms with van der Waals surface area (Å²) in [4.78, 5) is 16.3. The zero-order chi connectivity index (χ0) is 17.8. The predicted octanol–water partition coefficient (Wildman–Crippen LogP) is 5.22. The van der Waals surface area contributed by atoms with E-state index in [2.05, 4.69) is 4.98 Å². The van der Waals surface area contributed by atoms with Crippen LogP contribution in [-0.4, -0.2) is 22.7 Å². The first kappa shape index (κ1) is 17.2. The number of hydrogen-bond donors (Lipinski definition) is 1. The third-order valence-electron chi connectivity index (χ3n) is 3.97. The lowest BCUT2D eigenvalue weighted by Crippen LogP contribution is -2.09. The standard InChI is InChI=1S/C20H18ClNO3/c1-2-3-12-25-20(24)17-18(23)15-11-7-10-14(16(15)19(21)22-17)13-8-5-4-6-9-13/h4-11,23H,2-3,12H2,1H3. The van der Waals surface area contributed by atoms with E-state index in [1.165, 1.54) is 0 Å². The van der Waals surface area contributed by atoms with Gasteiger partial charge in [-0.15, -0.1) is 0 Å². The van der Waals surface area contributed by atoms with Crippen molar-refractivity contribution in [2.24, 2.45) is 0 Å². The topological polar surface area (TPSA) is 59.4 Å². The van der Waals surface area contributed by atoms with Gasteiger partial charge in [0.25, 0.3) is 0 Å². The summed E-state index contributed by atoms with van der Waals surface area (Å²) in [6.45, 7) is 2.29. The van der Waals surface area contributed by atoms with Gasteiger partial charge in [0, 0.05) is 10.8 Å². The summed E-state index contributed by atoms with van der Waals surface area (Å²) in [6, 6.07) is 15.1. The van der Waals surface area contributed by atoms with Gasteiger partial charge in [-0.3, -0.25) is 0 Å². The molecule has 0 fully saturated rings. The van der Waals surface area contributed by atoms with Crippen LogP contribution in [-0.2, 0) is 4.74 Å². The quantitative estimate of drug-likeness (QED) is 0.387. The Labute approximate surface area is 151 Å². The first-order chi connectivity index (χ1) is 12.1. The number of nitrogens with zero attached hydrogens (tertiary/aromatic N) is 1. The van der Waals surface area contributed by atoms with E-state index in [9.17, 15) is 9.90 Å². The van der Waals surface area contributed by atoms with E-state index in [0.717, 1.165) is 24.0 Å². The van der Waals surface area contributed by atoms with Crippen LogP contribution in [0.2, 0.25) is 5.15 Å². The first-order valence-corrected chi connectivity index (χ1v) is 8.55. The van der Waals surface area contributed by atoms with Gasteiger partial charge in [-0.25, -0.2) is 9.78 Å². The summed E-state index contributed by atoms with van der Waals surface area (Å²) in [7, 11) is 0. The molecule has 25 heavy (non-hydrogen) atoms. The highest BCUT2D eigenvalue weighted by Crippen LogP contribution is 2.38. The normalized spacial score (nSPS) is 10.8. The molecule has 0 unspecified atom stereocenters. The second-order valence-corrected chi connectivity index (χ2v) is 6.04. The first-order valence-electron chi connectivity index (χ1n) is 8.17. The van der Waals surface area contributed by atoms with Crippen LogP contribution >= 0.6 is 11.6 Å². The largest absolute Gasteiger partial charge is 0.505 e. The molecular formula is C20H18ClNO3. The molecular weight excluding hydrogens is 338 g/mol. The number of halogens is 1. The zero-order valence-electron chi connectivity index (χ0n) is 13.8. The average Bonchev–Trinajstić information content (AvgIpc) is 2.65. The summed E-state index contributed by atoms with van der Waals surface area (Å²) >= 11 is 6.36. The lowest BCUT2D eigenvalue weighted by Gasteiger charge is -2.12. The van der Waals surface area contributed by atoms with E-state index in [1.54, 1.807) is 6.07 Å². The number of unbranched alkanes of at least 4 members (excludes halogenated alkanes) is 1. The summed E-state index contributed by atoms with van der Waals surface area (Å²) < 4.78 is 5.15. The van der Waals surface area contributed by atoms with Crippen LogP contribution in [0, 0.1) is 0 Å². The van der Waals surface area contributed by atoms with Gasteiger partial charge in [-0.2, -0.15) is 0 Å². The van der Waals surface area contributed by atoms with Crippen molar-refractivity contribution < 1.29 is 14.6 Å². The molecule has 0 amide bonds. The molecule has 0 aliphatic carbocycles. The molecule has 128 valence electrons. The smallest absolute Gasteiger partial charge is 0.360 e. The molecule has 4 nitrogen and oxygen atoms in total. The van der Waals surface area contributed by atoms with E-state index >= 15 is 0 Å². The van der Waals surface area contributed by atoms with Gasteiger partial charge in [0.15, 0.2) is 11.4 Å².